The Labute approximate surface area is 114 Å². The standard InChI is InChI=1S/C14H22N2OS/c1-16(13-8-15-9-14(13)18-3)10-11-5-4-6-12(7-11)17-2/h4-7,13-15H,8-10H2,1-3H3. The summed E-state index contributed by atoms with van der Waals surface area (Å²) in [6, 6.07) is 8.94. The highest BCUT2D eigenvalue weighted by Gasteiger charge is 2.29. The van der Waals surface area contributed by atoms with E-state index in [2.05, 4.69) is 41.7 Å². The number of methoxy groups -OCH3 is 1. The summed E-state index contributed by atoms with van der Waals surface area (Å²) in [4.78, 5) is 2.44. The molecule has 0 bridgehead atoms. The molecule has 1 aliphatic rings. The minimum Gasteiger partial charge on any atom is -0.497 e. The monoisotopic (exact) mass is 266 g/mol. The van der Waals surface area contributed by atoms with Gasteiger partial charge in [-0.2, -0.15) is 11.8 Å². The molecule has 0 aliphatic carbocycles. The number of nitrogens with one attached hydrogen (secondary N) is 1. The maximum absolute atomic E-state index is 5.27. The highest BCUT2D eigenvalue weighted by atomic mass is 32.2. The van der Waals surface area contributed by atoms with Gasteiger partial charge in [0.1, 0.15) is 5.75 Å². The fourth-order valence-corrected chi connectivity index (χ4v) is 3.40. The zero-order chi connectivity index (χ0) is 13.0. The quantitative estimate of drug-likeness (QED) is 0.879. The van der Waals surface area contributed by atoms with Gasteiger partial charge in [0, 0.05) is 30.9 Å². The Bertz CT molecular complexity index is 386. The van der Waals surface area contributed by atoms with Crippen molar-refractivity contribution >= 4 is 11.8 Å². The van der Waals surface area contributed by atoms with E-state index in [1.165, 1.54) is 5.56 Å². The second kappa shape index (κ2) is 6.45. The SMILES string of the molecule is COc1cccc(CN(C)C2CNCC2SC)c1. The molecule has 0 amide bonds. The number of thioether (sulfide) groups is 1. The predicted octanol–water partition coefficient (Wildman–Crippen LogP) is 1.83. The van der Waals surface area contributed by atoms with Crippen molar-refractivity contribution in [3.8, 4) is 5.75 Å². The summed E-state index contributed by atoms with van der Waals surface area (Å²) in [6.45, 7) is 3.18. The molecule has 1 aromatic rings. The molecule has 1 N–H and O–H groups in total. The van der Waals surface area contributed by atoms with Crippen molar-refractivity contribution in [3.63, 3.8) is 0 Å². The van der Waals surface area contributed by atoms with Crippen LogP contribution in [0.25, 0.3) is 0 Å². The second-order valence-corrected chi connectivity index (χ2v) is 5.84. The number of ether oxygens (including phenoxy) is 1. The molecule has 3 nitrogen and oxygen atoms in total. The summed E-state index contributed by atoms with van der Waals surface area (Å²) >= 11 is 1.96. The lowest BCUT2D eigenvalue weighted by Gasteiger charge is -2.28. The van der Waals surface area contributed by atoms with E-state index in [1.807, 2.05) is 17.8 Å². The molecule has 0 radical (unpaired) electrons. The van der Waals surface area contributed by atoms with Gasteiger partial charge in [-0.05, 0) is 31.0 Å². The van der Waals surface area contributed by atoms with Crippen molar-refractivity contribution in [2.45, 2.75) is 17.8 Å². The molecular formula is C14H22N2OS. The topological polar surface area (TPSA) is 24.5 Å². The van der Waals surface area contributed by atoms with E-state index in [1.54, 1.807) is 7.11 Å². The molecule has 1 fully saturated rings. The van der Waals surface area contributed by atoms with Crippen molar-refractivity contribution in [2.24, 2.45) is 0 Å². The van der Waals surface area contributed by atoms with Crippen LogP contribution < -0.4 is 10.1 Å². The molecule has 4 heteroatoms. The van der Waals surface area contributed by atoms with Crippen LogP contribution in [-0.2, 0) is 6.54 Å². The summed E-state index contributed by atoms with van der Waals surface area (Å²) in [5.74, 6) is 0.937. The Balaban J connectivity index is 1.99. The predicted molar refractivity (Wildman–Crippen MR) is 78.4 cm³/mol. The van der Waals surface area contributed by atoms with E-state index in [0.29, 0.717) is 11.3 Å². The van der Waals surface area contributed by atoms with Gasteiger partial charge in [-0.1, -0.05) is 12.1 Å². The van der Waals surface area contributed by atoms with E-state index >= 15 is 0 Å². The lowest BCUT2D eigenvalue weighted by atomic mass is 10.1. The van der Waals surface area contributed by atoms with Gasteiger partial charge < -0.3 is 10.1 Å². The lowest BCUT2D eigenvalue weighted by molar-refractivity contribution is 0.252. The molecule has 0 aromatic heterocycles. The summed E-state index contributed by atoms with van der Waals surface area (Å²) < 4.78 is 5.27. The van der Waals surface area contributed by atoms with Gasteiger partial charge >= 0.3 is 0 Å². The van der Waals surface area contributed by atoms with E-state index in [9.17, 15) is 0 Å². The Morgan fingerprint density at radius 1 is 1.44 bits per heavy atom. The number of hydrogen-bond acceptors (Lipinski definition) is 4. The number of nitrogens with zero attached hydrogens (tertiary/aromatic N) is 1. The van der Waals surface area contributed by atoms with Gasteiger partial charge in [0.2, 0.25) is 0 Å². The Morgan fingerprint density at radius 2 is 2.28 bits per heavy atom. The van der Waals surface area contributed by atoms with Crippen LogP contribution in [-0.4, -0.2) is 49.7 Å². The summed E-state index contributed by atoms with van der Waals surface area (Å²) in [6.07, 6.45) is 2.20. The zero-order valence-corrected chi connectivity index (χ0v) is 12.2. The first-order chi connectivity index (χ1) is 8.74. The van der Waals surface area contributed by atoms with Crippen LogP contribution in [0.4, 0.5) is 0 Å². The highest BCUT2D eigenvalue weighted by Crippen LogP contribution is 2.21. The van der Waals surface area contributed by atoms with Gasteiger partial charge in [0.05, 0.1) is 7.11 Å². The first-order valence-electron chi connectivity index (χ1n) is 6.31. The maximum atomic E-state index is 5.27. The Morgan fingerprint density at radius 3 is 3.00 bits per heavy atom. The van der Waals surface area contributed by atoms with Crippen molar-refractivity contribution in [2.75, 3.05) is 33.5 Å². The van der Waals surface area contributed by atoms with E-state index in [4.69, 9.17) is 4.74 Å². The van der Waals surface area contributed by atoms with Crippen molar-refractivity contribution in [3.05, 3.63) is 29.8 Å². The minimum atomic E-state index is 0.617. The number of likely N-dealkylation sites (N-methyl/N-ethyl adjacent to an activating group) is 1. The van der Waals surface area contributed by atoms with E-state index in [-0.39, 0.29) is 0 Å². The molecule has 1 aliphatic heterocycles. The molecule has 1 saturated heterocycles. The lowest BCUT2D eigenvalue weighted by Crippen LogP contribution is -2.38. The fraction of sp³-hybridized carbons (Fsp3) is 0.571. The molecular weight excluding hydrogens is 244 g/mol. The third kappa shape index (κ3) is 3.19. The molecule has 2 atom stereocenters. The first kappa shape index (κ1) is 13.7. The molecule has 2 unspecified atom stereocenters. The van der Waals surface area contributed by atoms with Crippen molar-refractivity contribution < 1.29 is 4.74 Å². The first-order valence-corrected chi connectivity index (χ1v) is 7.60. The van der Waals surface area contributed by atoms with Crippen LogP contribution in [0.3, 0.4) is 0 Å². The third-order valence-corrected chi connectivity index (χ3v) is 4.65. The van der Waals surface area contributed by atoms with Gasteiger partial charge in [0.15, 0.2) is 0 Å². The molecule has 0 saturated carbocycles. The molecule has 100 valence electrons. The van der Waals surface area contributed by atoms with Gasteiger partial charge in [-0.15, -0.1) is 0 Å². The summed E-state index contributed by atoms with van der Waals surface area (Å²) in [7, 11) is 3.92. The van der Waals surface area contributed by atoms with Crippen LogP contribution in [0.1, 0.15) is 5.56 Å². The van der Waals surface area contributed by atoms with Crippen LogP contribution >= 0.6 is 11.8 Å². The van der Waals surface area contributed by atoms with E-state index in [0.717, 1.165) is 25.4 Å². The minimum absolute atomic E-state index is 0.617. The summed E-state index contributed by atoms with van der Waals surface area (Å²) in [5.41, 5.74) is 1.31. The molecule has 0 spiro atoms. The average Bonchev–Trinajstić information content (AvgIpc) is 2.87. The highest BCUT2D eigenvalue weighted by molar-refractivity contribution is 7.99. The smallest absolute Gasteiger partial charge is 0.119 e. The fourth-order valence-electron chi connectivity index (χ4n) is 2.50. The average molecular weight is 266 g/mol. The Hall–Kier alpha value is -0.710. The van der Waals surface area contributed by atoms with E-state index < -0.39 is 0 Å². The van der Waals surface area contributed by atoms with Crippen LogP contribution in [0.5, 0.6) is 5.75 Å². The maximum Gasteiger partial charge on any atom is 0.119 e. The molecule has 18 heavy (non-hydrogen) atoms. The van der Waals surface area contributed by atoms with Crippen molar-refractivity contribution in [1.82, 2.24) is 10.2 Å². The van der Waals surface area contributed by atoms with Crippen LogP contribution in [0, 0.1) is 0 Å². The zero-order valence-electron chi connectivity index (χ0n) is 11.3. The number of hydrogen-bond donors (Lipinski definition) is 1. The van der Waals surface area contributed by atoms with Crippen LogP contribution in [0.2, 0.25) is 0 Å². The molecule has 1 heterocycles. The number of benzene rings is 1. The largest absolute Gasteiger partial charge is 0.497 e. The third-order valence-electron chi connectivity index (χ3n) is 3.56. The summed E-state index contributed by atoms with van der Waals surface area (Å²) in [5, 5.41) is 4.17. The molecule has 1 aromatic carbocycles. The number of rotatable bonds is 5. The second-order valence-electron chi connectivity index (χ2n) is 4.77. The van der Waals surface area contributed by atoms with Crippen LogP contribution in [0.15, 0.2) is 24.3 Å². The van der Waals surface area contributed by atoms with Gasteiger partial charge in [0.25, 0.3) is 0 Å². The van der Waals surface area contributed by atoms with Gasteiger partial charge in [-0.25, -0.2) is 0 Å². The van der Waals surface area contributed by atoms with Crippen molar-refractivity contribution in [1.29, 1.82) is 0 Å². The normalized spacial score (nSPS) is 23.6. The Kier molecular flexibility index (Phi) is 4.92. The molecule has 2 rings (SSSR count). The van der Waals surface area contributed by atoms with Gasteiger partial charge in [-0.3, -0.25) is 4.90 Å².